The van der Waals surface area contributed by atoms with Crippen LogP contribution in [0.1, 0.15) is 172 Å². The van der Waals surface area contributed by atoms with Gasteiger partial charge in [-0.2, -0.15) is 30.4 Å². The Morgan fingerprint density at radius 2 is 1.05 bits per heavy atom. The van der Waals surface area contributed by atoms with E-state index in [1.807, 2.05) is 17.9 Å². The lowest BCUT2D eigenvalue weighted by atomic mass is 9.94. The molecule has 5 fully saturated rings. The molecule has 108 heavy (non-hydrogen) atoms. The molecule has 2 unspecified atom stereocenters. The van der Waals surface area contributed by atoms with E-state index in [4.69, 9.17) is 20.2 Å². The van der Waals surface area contributed by atoms with Gasteiger partial charge in [0, 0.05) is 94.0 Å². The summed E-state index contributed by atoms with van der Waals surface area (Å²) in [6.45, 7) is 34.9. The second-order valence-electron chi connectivity index (χ2n) is 31.8. The quantitative estimate of drug-likeness (QED) is 0.0394. The molecule has 0 radical (unpaired) electrons. The number of anilines is 6. The third-order valence-electron chi connectivity index (χ3n) is 19.8. The maximum atomic E-state index is 13.4. The molecule has 3 amide bonds. The van der Waals surface area contributed by atoms with Gasteiger partial charge in [-0.1, -0.05) is 79.0 Å². The molecule has 1 saturated carbocycles. The molecule has 12 rings (SSSR count). The zero-order valence-electron chi connectivity index (χ0n) is 64.3. The van der Waals surface area contributed by atoms with Crippen molar-refractivity contribution < 1.29 is 49.1 Å². The van der Waals surface area contributed by atoms with Crippen molar-refractivity contribution in [3.05, 3.63) is 132 Å². The van der Waals surface area contributed by atoms with Crippen molar-refractivity contribution in [1.29, 1.82) is 0 Å². The smallest absolute Gasteiger partial charge is 0.281 e. The van der Waals surface area contributed by atoms with Gasteiger partial charge in [-0.05, 0) is 177 Å². The maximum absolute atomic E-state index is 13.4. The van der Waals surface area contributed by atoms with Crippen molar-refractivity contribution in [3.8, 4) is 11.6 Å². The highest BCUT2D eigenvalue weighted by atomic mass is 32.2. The molecule has 0 aromatic carbocycles. The average Bonchev–Trinajstić information content (AvgIpc) is 1.54. The number of nitrogens with two attached hydrogens (primary N) is 1. The summed E-state index contributed by atoms with van der Waals surface area (Å²) in [7, 11) is -12.6. The van der Waals surface area contributed by atoms with Gasteiger partial charge < -0.3 is 40.1 Å². The fourth-order valence-electron chi connectivity index (χ4n) is 15.0. The Kier molecular flexibility index (Phi) is 25.5. The first kappa shape index (κ1) is 81.4. The molecule has 4 aliphatic heterocycles. The van der Waals surface area contributed by atoms with Gasteiger partial charge in [-0.25, -0.2) is 48.8 Å². The fraction of sp³-hybridized carbons (Fsp3) is 0.526. The van der Waals surface area contributed by atoms with Crippen LogP contribution in [0.3, 0.4) is 0 Å². The number of amides is 3. The van der Waals surface area contributed by atoms with Crippen molar-refractivity contribution >= 4 is 82.7 Å². The second kappa shape index (κ2) is 33.8. The molecule has 7 aromatic heterocycles. The summed E-state index contributed by atoms with van der Waals surface area (Å²) in [5.41, 5.74) is 5.53. The number of carbonyl (C=O) groups excluding carboxylic acids is 3. The van der Waals surface area contributed by atoms with E-state index < -0.39 is 47.8 Å². The van der Waals surface area contributed by atoms with Gasteiger partial charge in [-0.15, -0.1) is 0 Å². The number of nitrogens with zero attached hydrogens (tertiary/aromatic N) is 13. The number of carbonyl (C=O) groups is 3. The van der Waals surface area contributed by atoms with Crippen LogP contribution in [0.5, 0.6) is 5.75 Å². The number of hydrogen-bond donors (Lipinski definition) is 5. The summed E-state index contributed by atoms with van der Waals surface area (Å²) < 4.78 is 97.3. The molecule has 11 heterocycles. The number of piperazine rings is 1. The summed E-state index contributed by atoms with van der Waals surface area (Å²) in [4.78, 5) is 76.7. The standard InChI is InChI=1S/C28H40N6O3S.C26H35N7O4S.C22H31N5O4S/c1-21-19-28(2,3)34(20-21)26-23(11-8-14-29-26)27(35)31-38(36,37)25-13-7-12-24(30-25)33-17-15-32(16-18-33)22-9-5-4-6-10-22;1-17-12-26(5,6)32(14-17)23-19(24(34)31-38(35,36)22-9-7-8-20(27)29-22)10-11-21(30-23)33-15-18(13-28-33)37-16-25(2,3)4;1-5-31-13-12-23-18-9-6-10-19(25-18)32(29,30)26-21(28)17-8-7-11-24-20(17)27-15-16(2)14-22(27,3)4/h7-8,11-14,21-22H,4-6,9-10,15-20H2,1-3H3,(H,31,35);7-11,13,15,17H,12,14,16H2,1-6H3,(H2,27,29)(H,31,34);6-11,16H,5,12-15H2,1-4H3,(H,23,25)(H,26,28)/t;17-;/m.0./s1. The molecule has 6 N–H and O–H groups in total. The van der Waals surface area contributed by atoms with Crippen LogP contribution in [-0.2, 0) is 34.8 Å². The third-order valence-corrected chi connectivity index (χ3v) is 23.5. The van der Waals surface area contributed by atoms with Crippen LogP contribution in [0.25, 0.3) is 5.82 Å². The van der Waals surface area contributed by atoms with Crippen LogP contribution in [-0.4, -0.2) is 182 Å². The molecular weight excluding hydrogens is 1440 g/mol. The summed E-state index contributed by atoms with van der Waals surface area (Å²) in [6, 6.07) is 24.1. The summed E-state index contributed by atoms with van der Waals surface area (Å²) >= 11 is 0. The monoisotopic (exact) mass is 1540 g/mol. The highest BCUT2D eigenvalue weighted by Gasteiger charge is 2.43. The molecule has 1 aliphatic carbocycles. The molecule has 4 saturated heterocycles. The van der Waals surface area contributed by atoms with E-state index in [-0.39, 0.29) is 59.6 Å². The Hall–Kier alpha value is -9.11. The molecule has 0 bridgehead atoms. The van der Waals surface area contributed by atoms with Crippen LogP contribution in [0, 0.1) is 23.2 Å². The Morgan fingerprint density at radius 1 is 0.565 bits per heavy atom. The molecule has 29 nitrogen and oxygen atoms in total. The molecule has 3 atom stereocenters. The van der Waals surface area contributed by atoms with Gasteiger partial charge in [0.2, 0.25) is 0 Å². The summed E-state index contributed by atoms with van der Waals surface area (Å²) in [5, 5.41) is 6.65. The minimum absolute atomic E-state index is 0.0120. The molecular formula is C76H106N18O11S3. The van der Waals surface area contributed by atoms with Crippen molar-refractivity contribution in [2.75, 3.05) is 103 Å². The van der Waals surface area contributed by atoms with Gasteiger partial charge in [0.15, 0.2) is 26.6 Å². The van der Waals surface area contributed by atoms with Crippen LogP contribution in [0.4, 0.5) is 34.9 Å². The normalized spacial score (nSPS) is 19.5. The number of aromatic nitrogens is 8. The summed E-state index contributed by atoms with van der Waals surface area (Å²) in [6.07, 6.45) is 15.9. The van der Waals surface area contributed by atoms with E-state index in [0.29, 0.717) is 97.4 Å². The SMILES string of the molecule is CC1CN(c2ncccc2C(=O)NS(=O)(=O)c2cccc(N3CCN(C4CCCCC4)CC3)n2)C(C)(C)C1.CCOCCNc1cccc(S(=O)(=O)NC(=O)c2cccnc2N2CC(C)CC2(C)C)n1.C[C@@H]1CN(c2nc(-n3cc(OCC(C)(C)C)cn3)ccc2C(=O)NS(=O)(=O)c2cccc(N)n2)C(C)(C)C1. The average molecular weight is 1540 g/mol. The number of sulfonamides is 3. The van der Waals surface area contributed by atoms with E-state index in [1.54, 1.807) is 84.1 Å². The highest BCUT2D eigenvalue weighted by molar-refractivity contribution is 7.90. The fourth-order valence-corrected chi connectivity index (χ4v) is 17.8. The largest absolute Gasteiger partial charge is 0.490 e. The van der Waals surface area contributed by atoms with Crippen LogP contribution in [0.2, 0.25) is 0 Å². The number of rotatable bonds is 22. The lowest BCUT2D eigenvalue weighted by molar-refractivity contribution is 0.0972. The predicted molar refractivity (Wildman–Crippen MR) is 417 cm³/mol. The van der Waals surface area contributed by atoms with Crippen LogP contribution in [0.15, 0.2) is 131 Å². The first-order valence-electron chi connectivity index (χ1n) is 37.0. The van der Waals surface area contributed by atoms with Crippen molar-refractivity contribution in [3.63, 3.8) is 0 Å². The van der Waals surface area contributed by atoms with E-state index >= 15 is 0 Å². The van der Waals surface area contributed by atoms with Gasteiger partial charge in [0.25, 0.3) is 47.8 Å². The molecule has 584 valence electrons. The molecule has 7 aromatic rings. The summed E-state index contributed by atoms with van der Waals surface area (Å²) in [5.74, 6) is 2.46. The van der Waals surface area contributed by atoms with Gasteiger partial charge in [0.1, 0.15) is 34.9 Å². The Balaban J connectivity index is 0.000000174. The van der Waals surface area contributed by atoms with Crippen molar-refractivity contribution in [2.24, 2.45) is 23.2 Å². The topological polar surface area (TPSA) is 358 Å². The minimum Gasteiger partial charge on any atom is -0.490 e. The highest BCUT2D eigenvalue weighted by Crippen LogP contribution is 2.41. The lowest BCUT2D eigenvalue weighted by Crippen LogP contribution is -2.51. The minimum atomic E-state index is -4.26. The third kappa shape index (κ3) is 20.4. The van der Waals surface area contributed by atoms with E-state index in [9.17, 15) is 39.6 Å². The van der Waals surface area contributed by atoms with Gasteiger partial charge in [0.05, 0.1) is 42.3 Å². The maximum Gasteiger partial charge on any atom is 0.281 e. The van der Waals surface area contributed by atoms with Crippen molar-refractivity contribution in [1.82, 2.24) is 58.8 Å². The van der Waals surface area contributed by atoms with E-state index in [2.05, 4.69) is 152 Å². The van der Waals surface area contributed by atoms with Crippen molar-refractivity contribution in [2.45, 2.75) is 179 Å². The number of hydrogen-bond acceptors (Lipinski definition) is 25. The number of nitrogens with one attached hydrogen (secondary N) is 4. The second-order valence-corrected chi connectivity index (χ2v) is 36.7. The zero-order chi connectivity index (χ0) is 78.2. The Bertz CT molecular complexity index is 4670. The molecule has 0 spiro atoms. The number of ether oxygens (including phenoxy) is 2. The van der Waals surface area contributed by atoms with Crippen LogP contribution >= 0.6 is 0 Å². The molecule has 32 heteroatoms. The van der Waals surface area contributed by atoms with Crippen LogP contribution < -0.4 is 49.6 Å². The predicted octanol–water partition coefficient (Wildman–Crippen LogP) is 9.76. The van der Waals surface area contributed by atoms with Gasteiger partial charge >= 0.3 is 0 Å². The lowest BCUT2D eigenvalue weighted by Gasteiger charge is -2.41. The van der Waals surface area contributed by atoms with E-state index in [0.717, 1.165) is 58.5 Å². The van der Waals surface area contributed by atoms with Gasteiger partial charge in [-0.3, -0.25) is 19.3 Å². The number of nitrogen functional groups attached to an aromatic ring is 1. The zero-order valence-corrected chi connectivity index (χ0v) is 66.8. The Morgan fingerprint density at radius 3 is 1.54 bits per heavy atom. The first-order chi connectivity index (χ1) is 50.9. The molecule has 5 aliphatic rings. The first-order valence-corrected chi connectivity index (χ1v) is 41.5. The number of pyridine rings is 6. The van der Waals surface area contributed by atoms with E-state index in [1.165, 1.54) is 62.4 Å². The Labute approximate surface area is 636 Å².